The Morgan fingerprint density at radius 3 is 2.59 bits per heavy atom. The zero-order valence-electron chi connectivity index (χ0n) is 16.1. The highest BCUT2D eigenvalue weighted by atomic mass is 16.3. The molecule has 2 aromatic rings. The number of carbonyl (C=O) groups is 2. The summed E-state index contributed by atoms with van der Waals surface area (Å²) in [5.74, 6) is 1.20. The van der Waals surface area contributed by atoms with Crippen LogP contribution in [0, 0.1) is 13.8 Å². The molecule has 1 fully saturated rings. The summed E-state index contributed by atoms with van der Waals surface area (Å²) >= 11 is 0. The van der Waals surface area contributed by atoms with Gasteiger partial charge in [-0.25, -0.2) is 0 Å². The first-order valence-electron chi connectivity index (χ1n) is 9.41. The number of benzene rings is 1. The molecule has 144 valence electrons. The topological polar surface area (TPSA) is 74.6 Å². The van der Waals surface area contributed by atoms with Gasteiger partial charge in [-0.2, -0.15) is 0 Å². The van der Waals surface area contributed by atoms with Crippen LogP contribution in [-0.2, 0) is 11.3 Å². The third kappa shape index (κ3) is 4.57. The van der Waals surface area contributed by atoms with E-state index < -0.39 is 0 Å². The molecule has 0 bridgehead atoms. The van der Waals surface area contributed by atoms with Gasteiger partial charge in [-0.05, 0) is 38.8 Å². The van der Waals surface area contributed by atoms with Crippen LogP contribution in [0.5, 0.6) is 0 Å². The van der Waals surface area contributed by atoms with Gasteiger partial charge in [-0.1, -0.05) is 30.3 Å². The van der Waals surface area contributed by atoms with E-state index in [2.05, 4.69) is 27.7 Å². The second-order valence-electron chi connectivity index (χ2n) is 7.06. The molecule has 0 unspecified atom stereocenters. The fraction of sp³-hybridized carbons (Fsp3) is 0.429. The molecule has 0 spiro atoms. The van der Waals surface area contributed by atoms with Crippen molar-refractivity contribution in [2.75, 3.05) is 13.1 Å². The normalized spacial score (nSPS) is 19.8. The number of furan rings is 1. The van der Waals surface area contributed by atoms with Gasteiger partial charge in [0.05, 0.1) is 11.6 Å². The molecule has 1 aromatic carbocycles. The van der Waals surface area contributed by atoms with Gasteiger partial charge in [0.15, 0.2) is 0 Å². The van der Waals surface area contributed by atoms with Crippen molar-refractivity contribution in [2.24, 2.45) is 0 Å². The SMILES string of the molecule is CCNC(=O)[C@@H]1C[C@H](NC(=O)c2cc(C)oc2C)CN1Cc1ccccc1. The van der Waals surface area contributed by atoms with Crippen LogP contribution in [0.15, 0.2) is 40.8 Å². The molecule has 1 aliphatic rings. The first kappa shape index (κ1) is 19.2. The van der Waals surface area contributed by atoms with Crippen molar-refractivity contribution in [3.8, 4) is 0 Å². The van der Waals surface area contributed by atoms with Gasteiger partial charge in [0.2, 0.25) is 5.91 Å². The molecule has 1 aromatic heterocycles. The van der Waals surface area contributed by atoms with Crippen molar-refractivity contribution >= 4 is 11.8 Å². The Morgan fingerprint density at radius 2 is 1.96 bits per heavy atom. The Balaban J connectivity index is 1.71. The molecule has 6 nitrogen and oxygen atoms in total. The summed E-state index contributed by atoms with van der Waals surface area (Å²) < 4.78 is 5.46. The van der Waals surface area contributed by atoms with Crippen LogP contribution < -0.4 is 10.6 Å². The van der Waals surface area contributed by atoms with Gasteiger partial charge >= 0.3 is 0 Å². The lowest BCUT2D eigenvalue weighted by Gasteiger charge is -2.23. The van der Waals surface area contributed by atoms with Crippen LogP contribution in [0.3, 0.4) is 0 Å². The maximum Gasteiger partial charge on any atom is 0.255 e. The summed E-state index contributed by atoms with van der Waals surface area (Å²) in [6, 6.07) is 11.5. The Hall–Kier alpha value is -2.60. The third-order valence-corrected chi connectivity index (χ3v) is 4.91. The Bertz CT molecular complexity index is 800. The molecule has 2 amide bonds. The van der Waals surface area contributed by atoms with E-state index in [1.165, 1.54) is 0 Å². The summed E-state index contributed by atoms with van der Waals surface area (Å²) in [4.78, 5) is 27.3. The molecule has 0 aliphatic carbocycles. The lowest BCUT2D eigenvalue weighted by atomic mass is 10.1. The number of likely N-dealkylation sites (N-methyl/N-ethyl adjacent to an activating group) is 1. The van der Waals surface area contributed by atoms with Gasteiger partial charge in [0.25, 0.3) is 5.91 Å². The van der Waals surface area contributed by atoms with E-state index in [9.17, 15) is 9.59 Å². The predicted molar refractivity (Wildman–Crippen MR) is 103 cm³/mol. The number of hydrogen-bond acceptors (Lipinski definition) is 4. The Morgan fingerprint density at radius 1 is 1.22 bits per heavy atom. The van der Waals surface area contributed by atoms with Crippen molar-refractivity contribution in [1.29, 1.82) is 0 Å². The number of hydrogen-bond donors (Lipinski definition) is 2. The van der Waals surface area contributed by atoms with Crippen LogP contribution >= 0.6 is 0 Å². The summed E-state index contributed by atoms with van der Waals surface area (Å²) in [6.45, 7) is 7.44. The van der Waals surface area contributed by atoms with Crippen molar-refractivity contribution in [3.63, 3.8) is 0 Å². The van der Waals surface area contributed by atoms with E-state index in [0.29, 0.717) is 37.4 Å². The molecule has 1 saturated heterocycles. The van der Waals surface area contributed by atoms with Crippen LogP contribution in [0.4, 0.5) is 0 Å². The lowest BCUT2D eigenvalue weighted by Crippen LogP contribution is -2.42. The highest BCUT2D eigenvalue weighted by Gasteiger charge is 2.37. The number of amides is 2. The number of aryl methyl sites for hydroxylation is 2. The monoisotopic (exact) mass is 369 g/mol. The number of likely N-dealkylation sites (tertiary alicyclic amines) is 1. The zero-order valence-corrected chi connectivity index (χ0v) is 16.1. The minimum absolute atomic E-state index is 0.0144. The molecule has 2 atom stereocenters. The number of rotatable bonds is 6. The number of nitrogens with one attached hydrogen (secondary N) is 2. The number of carbonyl (C=O) groups excluding carboxylic acids is 2. The molecule has 3 rings (SSSR count). The van der Waals surface area contributed by atoms with E-state index in [1.807, 2.05) is 32.0 Å². The van der Waals surface area contributed by atoms with E-state index in [1.54, 1.807) is 13.0 Å². The molecule has 6 heteroatoms. The van der Waals surface area contributed by atoms with Crippen LogP contribution in [0.25, 0.3) is 0 Å². The molecular weight excluding hydrogens is 342 g/mol. The molecule has 0 radical (unpaired) electrons. The smallest absolute Gasteiger partial charge is 0.255 e. The maximum absolute atomic E-state index is 12.6. The van der Waals surface area contributed by atoms with E-state index in [-0.39, 0.29) is 23.9 Å². The maximum atomic E-state index is 12.6. The standard InChI is InChI=1S/C21H27N3O3/c1-4-22-21(26)19-11-17(13-24(19)12-16-8-6-5-7-9-16)23-20(25)18-10-14(2)27-15(18)3/h5-10,17,19H,4,11-13H2,1-3H3,(H,22,26)(H,23,25)/t17-,19-/m0/s1. The third-order valence-electron chi connectivity index (χ3n) is 4.91. The fourth-order valence-electron chi connectivity index (χ4n) is 3.68. The van der Waals surface area contributed by atoms with Gasteiger partial charge in [-0.3, -0.25) is 14.5 Å². The Labute approximate surface area is 159 Å². The largest absolute Gasteiger partial charge is 0.466 e. The summed E-state index contributed by atoms with van der Waals surface area (Å²) in [5.41, 5.74) is 1.71. The molecule has 27 heavy (non-hydrogen) atoms. The number of nitrogens with zero attached hydrogens (tertiary/aromatic N) is 1. The summed E-state index contributed by atoms with van der Waals surface area (Å²) in [6.07, 6.45) is 0.598. The lowest BCUT2D eigenvalue weighted by molar-refractivity contribution is -0.125. The van der Waals surface area contributed by atoms with Gasteiger partial charge in [0, 0.05) is 25.7 Å². The second-order valence-corrected chi connectivity index (χ2v) is 7.06. The highest BCUT2D eigenvalue weighted by molar-refractivity contribution is 5.95. The Kier molecular flexibility index (Phi) is 5.96. The molecular formula is C21H27N3O3. The van der Waals surface area contributed by atoms with Gasteiger partial charge in [-0.15, -0.1) is 0 Å². The minimum Gasteiger partial charge on any atom is -0.466 e. The van der Waals surface area contributed by atoms with Crippen molar-refractivity contribution in [1.82, 2.24) is 15.5 Å². The fourth-order valence-corrected chi connectivity index (χ4v) is 3.68. The van der Waals surface area contributed by atoms with Crippen molar-refractivity contribution < 1.29 is 14.0 Å². The van der Waals surface area contributed by atoms with Crippen molar-refractivity contribution in [2.45, 2.75) is 45.8 Å². The van der Waals surface area contributed by atoms with E-state index in [4.69, 9.17) is 4.42 Å². The van der Waals surface area contributed by atoms with E-state index in [0.717, 1.165) is 11.3 Å². The van der Waals surface area contributed by atoms with Crippen LogP contribution in [0.1, 0.15) is 40.8 Å². The minimum atomic E-state index is -0.248. The summed E-state index contributed by atoms with van der Waals surface area (Å²) in [5, 5.41) is 5.98. The molecule has 1 aliphatic heterocycles. The first-order valence-corrected chi connectivity index (χ1v) is 9.41. The summed E-state index contributed by atoms with van der Waals surface area (Å²) in [7, 11) is 0. The van der Waals surface area contributed by atoms with Gasteiger partial charge < -0.3 is 15.1 Å². The molecule has 2 N–H and O–H groups in total. The molecule has 0 saturated carbocycles. The predicted octanol–water partition coefficient (Wildman–Crippen LogP) is 2.41. The quantitative estimate of drug-likeness (QED) is 0.820. The second kappa shape index (κ2) is 8.39. The van der Waals surface area contributed by atoms with Crippen molar-refractivity contribution in [3.05, 3.63) is 59.0 Å². The van der Waals surface area contributed by atoms with Crippen LogP contribution in [0.2, 0.25) is 0 Å². The molecule has 2 heterocycles. The average molecular weight is 369 g/mol. The zero-order chi connectivity index (χ0) is 19.4. The average Bonchev–Trinajstić information content (AvgIpc) is 3.18. The first-order chi connectivity index (χ1) is 13.0. The van der Waals surface area contributed by atoms with Gasteiger partial charge in [0.1, 0.15) is 11.5 Å². The van der Waals surface area contributed by atoms with E-state index >= 15 is 0 Å². The highest BCUT2D eigenvalue weighted by Crippen LogP contribution is 2.22. The van der Waals surface area contributed by atoms with Crippen LogP contribution in [-0.4, -0.2) is 41.9 Å².